The number of carbonyl (C=O) groups is 4. The lowest BCUT2D eigenvalue weighted by atomic mass is 9.93. The van der Waals surface area contributed by atoms with E-state index in [1.165, 1.54) is 0 Å². The first-order chi connectivity index (χ1) is 17.9. The van der Waals surface area contributed by atoms with Crippen LogP contribution in [0.2, 0.25) is 0 Å². The van der Waals surface area contributed by atoms with Crippen molar-refractivity contribution >= 4 is 40.3 Å². The first kappa shape index (κ1) is 24.5. The Morgan fingerprint density at radius 2 is 1.86 bits per heavy atom. The smallest absolute Gasteiger partial charge is 0.310 e. The quantitative estimate of drug-likeness (QED) is 0.460. The summed E-state index contributed by atoms with van der Waals surface area (Å²) in [6.07, 6.45) is 1.47. The Balaban J connectivity index is 1.27. The highest BCUT2D eigenvalue weighted by Gasteiger charge is 2.30. The Labute approximate surface area is 214 Å². The van der Waals surface area contributed by atoms with Crippen LogP contribution in [0.1, 0.15) is 69.4 Å². The Kier molecular flexibility index (Phi) is 6.69. The van der Waals surface area contributed by atoms with Crippen molar-refractivity contribution in [2.45, 2.75) is 32.6 Å². The van der Waals surface area contributed by atoms with Crippen LogP contribution in [0.15, 0.2) is 42.5 Å². The molecule has 3 amide bonds. The van der Waals surface area contributed by atoms with E-state index < -0.39 is 0 Å². The number of H-pyrrole nitrogens is 1. The number of nitrogens with zero attached hydrogens (tertiary/aromatic N) is 1. The molecule has 2 aliphatic rings. The third-order valence-electron chi connectivity index (χ3n) is 7.11. The van der Waals surface area contributed by atoms with E-state index in [-0.39, 0.29) is 35.5 Å². The monoisotopic (exact) mass is 502 g/mol. The largest absolute Gasteiger partial charge is 0.466 e. The molecular weight excluding hydrogens is 472 g/mol. The van der Waals surface area contributed by atoms with Crippen LogP contribution in [0, 0.1) is 5.92 Å². The molecule has 2 aromatic carbocycles. The van der Waals surface area contributed by atoms with Crippen LogP contribution >= 0.6 is 0 Å². The van der Waals surface area contributed by atoms with Gasteiger partial charge in [0, 0.05) is 53.3 Å². The molecule has 9 nitrogen and oxygen atoms in total. The van der Waals surface area contributed by atoms with Crippen LogP contribution in [0.4, 0.5) is 5.69 Å². The minimum atomic E-state index is -0.295. The molecule has 2 aliphatic heterocycles. The van der Waals surface area contributed by atoms with Gasteiger partial charge in [-0.05, 0) is 67.8 Å². The molecule has 2 atom stereocenters. The Morgan fingerprint density at radius 3 is 2.62 bits per heavy atom. The molecule has 3 aromatic rings. The SMILES string of the molecule is CCOC(=O)C1CCCN(C(=O)c2ccc(NC(=O)c3ccc4[nH]c5c(c4c3)C(C)CNC5=O)cc2)C1. The molecular formula is C28H30N4O5. The molecule has 9 heteroatoms. The lowest BCUT2D eigenvalue weighted by molar-refractivity contribution is -0.149. The molecule has 0 spiro atoms. The first-order valence-electron chi connectivity index (χ1n) is 12.7. The summed E-state index contributed by atoms with van der Waals surface area (Å²) in [4.78, 5) is 55.2. The predicted octanol–water partition coefficient (Wildman–Crippen LogP) is 3.68. The molecule has 3 N–H and O–H groups in total. The lowest BCUT2D eigenvalue weighted by Crippen LogP contribution is -2.42. The normalized spacial score (nSPS) is 19.2. The summed E-state index contributed by atoms with van der Waals surface area (Å²) in [5, 5.41) is 6.62. The van der Waals surface area contributed by atoms with Crippen molar-refractivity contribution in [2.75, 3.05) is 31.6 Å². The number of carbonyl (C=O) groups excluding carboxylic acids is 4. The molecule has 1 saturated heterocycles. The second kappa shape index (κ2) is 10.1. The highest BCUT2D eigenvalue weighted by molar-refractivity contribution is 6.09. The number of benzene rings is 2. The molecule has 1 aromatic heterocycles. The van der Waals surface area contributed by atoms with Gasteiger partial charge in [0.2, 0.25) is 0 Å². The third kappa shape index (κ3) is 4.81. The van der Waals surface area contributed by atoms with E-state index in [0.29, 0.717) is 48.7 Å². The number of esters is 1. The van der Waals surface area contributed by atoms with Crippen molar-refractivity contribution in [3.05, 3.63) is 64.8 Å². The second-order valence-corrected chi connectivity index (χ2v) is 9.66. The number of ether oxygens (including phenoxy) is 1. The van der Waals surface area contributed by atoms with Gasteiger partial charge < -0.3 is 25.3 Å². The van der Waals surface area contributed by atoms with E-state index in [0.717, 1.165) is 29.3 Å². The minimum absolute atomic E-state index is 0.133. The van der Waals surface area contributed by atoms with E-state index in [2.05, 4.69) is 15.6 Å². The lowest BCUT2D eigenvalue weighted by Gasteiger charge is -2.31. The zero-order chi connectivity index (χ0) is 26.1. The number of aromatic nitrogens is 1. The van der Waals surface area contributed by atoms with Crippen LogP contribution in [0.5, 0.6) is 0 Å². The van der Waals surface area contributed by atoms with Crippen LogP contribution in [0.25, 0.3) is 10.9 Å². The van der Waals surface area contributed by atoms with Crippen LogP contribution in [-0.4, -0.2) is 59.8 Å². The number of likely N-dealkylation sites (tertiary alicyclic amines) is 1. The number of anilines is 1. The number of aromatic amines is 1. The summed E-state index contributed by atoms with van der Waals surface area (Å²) >= 11 is 0. The number of piperidine rings is 1. The Bertz CT molecular complexity index is 1380. The number of rotatable bonds is 5. The predicted molar refractivity (Wildman–Crippen MR) is 139 cm³/mol. The maximum Gasteiger partial charge on any atom is 0.310 e. The molecule has 3 heterocycles. The molecule has 0 aliphatic carbocycles. The molecule has 192 valence electrons. The summed E-state index contributed by atoms with van der Waals surface area (Å²) in [5.41, 5.74) is 3.83. The van der Waals surface area contributed by atoms with Crippen LogP contribution in [-0.2, 0) is 9.53 Å². The Hall–Kier alpha value is -4.14. The summed E-state index contributed by atoms with van der Waals surface area (Å²) in [6.45, 7) is 5.65. The number of hydrogen-bond acceptors (Lipinski definition) is 5. The molecule has 0 bridgehead atoms. The van der Waals surface area contributed by atoms with Crippen molar-refractivity contribution in [1.82, 2.24) is 15.2 Å². The van der Waals surface area contributed by atoms with Gasteiger partial charge >= 0.3 is 5.97 Å². The number of fused-ring (bicyclic) bond motifs is 3. The van der Waals surface area contributed by atoms with Crippen molar-refractivity contribution in [1.29, 1.82) is 0 Å². The van der Waals surface area contributed by atoms with Gasteiger partial charge in [0.15, 0.2) is 0 Å². The summed E-state index contributed by atoms with van der Waals surface area (Å²) < 4.78 is 5.12. The van der Waals surface area contributed by atoms with E-state index in [1.54, 1.807) is 42.2 Å². The van der Waals surface area contributed by atoms with Crippen molar-refractivity contribution in [3.8, 4) is 0 Å². The van der Waals surface area contributed by atoms with E-state index >= 15 is 0 Å². The van der Waals surface area contributed by atoms with Gasteiger partial charge in [-0.3, -0.25) is 19.2 Å². The fraction of sp³-hybridized carbons (Fsp3) is 0.357. The highest BCUT2D eigenvalue weighted by Crippen LogP contribution is 2.32. The van der Waals surface area contributed by atoms with E-state index in [9.17, 15) is 19.2 Å². The molecule has 2 unspecified atom stereocenters. The average molecular weight is 503 g/mol. The topological polar surface area (TPSA) is 121 Å². The maximum absolute atomic E-state index is 13.0. The fourth-order valence-corrected chi connectivity index (χ4v) is 5.18. The molecule has 5 rings (SSSR count). The number of amides is 3. The molecule has 0 saturated carbocycles. The standard InChI is InChI=1S/C28H30N4O5/c1-3-37-28(36)19-5-4-12-32(15-19)27(35)17-6-9-20(10-7-17)30-25(33)18-8-11-22-21(13-18)23-16(2)14-29-26(34)24(23)31-22/h6-11,13,16,19,31H,3-5,12,14-15H2,1-2H3,(H,29,34)(H,30,33). The summed E-state index contributed by atoms with van der Waals surface area (Å²) in [5.74, 6) is -0.973. The fourth-order valence-electron chi connectivity index (χ4n) is 5.18. The molecule has 0 radical (unpaired) electrons. The maximum atomic E-state index is 13.0. The van der Waals surface area contributed by atoms with Crippen LogP contribution < -0.4 is 10.6 Å². The van der Waals surface area contributed by atoms with Crippen molar-refractivity contribution in [2.24, 2.45) is 5.92 Å². The van der Waals surface area contributed by atoms with E-state index in [4.69, 9.17) is 4.74 Å². The summed E-state index contributed by atoms with van der Waals surface area (Å²) in [7, 11) is 0. The average Bonchev–Trinajstić information content (AvgIpc) is 3.31. The minimum Gasteiger partial charge on any atom is -0.466 e. The zero-order valence-electron chi connectivity index (χ0n) is 20.9. The molecule has 37 heavy (non-hydrogen) atoms. The van der Waals surface area contributed by atoms with Gasteiger partial charge in [0.25, 0.3) is 17.7 Å². The zero-order valence-corrected chi connectivity index (χ0v) is 20.9. The number of hydrogen-bond donors (Lipinski definition) is 3. The van der Waals surface area contributed by atoms with Gasteiger partial charge in [0.05, 0.1) is 12.5 Å². The van der Waals surface area contributed by atoms with E-state index in [1.807, 2.05) is 19.1 Å². The van der Waals surface area contributed by atoms with Gasteiger partial charge in [-0.15, -0.1) is 0 Å². The van der Waals surface area contributed by atoms with Crippen molar-refractivity contribution < 1.29 is 23.9 Å². The third-order valence-corrected chi connectivity index (χ3v) is 7.11. The number of nitrogens with one attached hydrogen (secondary N) is 3. The van der Waals surface area contributed by atoms with Crippen molar-refractivity contribution in [3.63, 3.8) is 0 Å². The summed E-state index contributed by atoms with van der Waals surface area (Å²) in [6, 6.07) is 12.1. The molecule has 1 fully saturated rings. The van der Waals surface area contributed by atoms with Gasteiger partial charge in [-0.1, -0.05) is 6.92 Å². The first-order valence-corrected chi connectivity index (χ1v) is 12.7. The Morgan fingerprint density at radius 1 is 1.11 bits per heavy atom. The van der Waals surface area contributed by atoms with Crippen LogP contribution in [0.3, 0.4) is 0 Å². The highest BCUT2D eigenvalue weighted by atomic mass is 16.5. The van der Waals surface area contributed by atoms with Gasteiger partial charge in [-0.25, -0.2) is 0 Å². The van der Waals surface area contributed by atoms with Gasteiger partial charge in [0.1, 0.15) is 5.69 Å². The second-order valence-electron chi connectivity index (χ2n) is 9.66. The van der Waals surface area contributed by atoms with Gasteiger partial charge in [-0.2, -0.15) is 0 Å².